The molecule has 0 spiro atoms. The third-order valence-corrected chi connectivity index (χ3v) is 4.37. The average molecular weight is 327 g/mol. The number of hydrogen-bond donors (Lipinski definition) is 1. The van der Waals surface area contributed by atoms with E-state index >= 15 is 0 Å². The Kier molecular flexibility index (Phi) is 4.31. The number of aryl methyl sites for hydroxylation is 1. The molecule has 0 fully saturated rings. The Bertz CT molecular complexity index is 482. The third kappa shape index (κ3) is 3.00. The largest absolute Gasteiger partial charge is 0.464 e. The summed E-state index contributed by atoms with van der Waals surface area (Å²) in [6.45, 7) is 3.62. The quantitative estimate of drug-likeness (QED) is 0.869. The minimum absolute atomic E-state index is 0.0831. The number of halogens is 1. The summed E-state index contributed by atoms with van der Waals surface area (Å²) >= 11 is 3.47. The molecule has 0 bridgehead atoms. The number of fused-ring (bicyclic) bond motifs is 1. The zero-order valence-electron chi connectivity index (χ0n) is 11.3. The van der Waals surface area contributed by atoms with Crippen molar-refractivity contribution in [1.29, 1.82) is 0 Å². The Hall–Kier alpha value is -0.870. The number of ether oxygens (including phenoxy) is 1. The minimum atomic E-state index is -1.40. The van der Waals surface area contributed by atoms with E-state index in [1.807, 2.05) is 6.07 Å². The molecule has 1 aromatic carbocycles. The first-order valence-corrected chi connectivity index (χ1v) is 7.41. The highest BCUT2D eigenvalue weighted by molar-refractivity contribution is 9.10. The van der Waals surface area contributed by atoms with E-state index in [4.69, 9.17) is 4.74 Å². The summed E-state index contributed by atoms with van der Waals surface area (Å²) in [5, 5.41) is 10.4. The molecule has 0 saturated heterocycles. The van der Waals surface area contributed by atoms with Crippen molar-refractivity contribution in [1.82, 2.24) is 0 Å². The van der Waals surface area contributed by atoms with Crippen LogP contribution in [0.2, 0.25) is 0 Å². The predicted octanol–water partition coefficient (Wildman–Crippen LogP) is 2.87. The van der Waals surface area contributed by atoms with Crippen LogP contribution in [-0.4, -0.2) is 23.3 Å². The van der Waals surface area contributed by atoms with Crippen molar-refractivity contribution in [3.05, 3.63) is 33.8 Å². The molecule has 0 amide bonds. The first-order chi connectivity index (χ1) is 8.95. The lowest BCUT2D eigenvalue weighted by atomic mass is 9.75. The number of rotatable bonds is 3. The van der Waals surface area contributed by atoms with Crippen molar-refractivity contribution in [3.63, 3.8) is 0 Å². The van der Waals surface area contributed by atoms with Crippen LogP contribution in [0.1, 0.15) is 31.4 Å². The molecule has 0 heterocycles. The highest BCUT2D eigenvalue weighted by atomic mass is 79.9. The molecule has 1 aliphatic rings. The molecule has 19 heavy (non-hydrogen) atoms. The molecular formula is C15H19BrO3. The monoisotopic (exact) mass is 326 g/mol. The molecule has 2 atom stereocenters. The second kappa shape index (κ2) is 5.63. The molecule has 0 saturated carbocycles. The zero-order chi connectivity index (χ0) is 14.0. The van der Waals surface area contributed by atoms with Gasteiger partial charge in [0, 0.05) is 10.4 Å². The van der Waals surface area contributed by atoms with Crippen LogP contribution in [-0.2, 0) is 22.4 Å². The SMILES string of the molecule is CCOC(=O)C(C)(O)C1CCc2cc(Br)ccc2C1. The summed E-state index contributed by atoms with van der Waals surface area (Å²) in [5.41, 5.74) is 1.11. The molecular weight excluding hydrogens is 308 g/mol. The summed E-state index contributed by atoms with van der Waals surface area (Å²) in [6, 6.07) is 6.18. The van der Waals surface area contributed by atoms with Gasteiger partial charge in [0.25, 0.3) is 0 Å². The summed E-state index contributed by atoms with van der Waals surface area (Å²) in [6.07, 6.45) is 2.40. The maximum atomic E-state index is 11.9. The molecule has 4 heteroatoms. The lowest BCUT2D eigenvalue weighted by Crippen LogP contribution is -2.46. The van der Waals surface area contributed by atoms with Crippen LogP contribution in [0.3, 0.4) is 0 Å². The second-order valence-electron chi connectivity index (χ2n) is 5.22. The van der Waals surface area contributed by atoms with Gasteiger partial charge in [-0.15, -0.1) is 0 Å². The van der Waals surface area contributed by atoms with E-state index < -0.39 is 11.6 Å². The molecule has 0 aliphatic heterocycles. The van der Waals surface area contributed by atoms with Gasteiger partial charge in [0.1, 0.15) is 0 Å². The van der Waals surface area contributed by atoms with Gasteiger partial charge >= 0.3 is 5.97 Å². The van der Waals surface area contributed by atoms with Crippen LogP contribution in [0.5, 0.6) is 0 Å². The molecule has 1 aromatic rings. The van der Waals surface area contributed by atoms with Crippen LogP contribution >= 0.6 is 15.9 Å². The van der Waals surface area contributed by atoms with E-state index in [0.29, 0.717) is 13.0 Å². The fourth-order valence-corrected chi connectivity index (χ4v) is 3.06. The minimum Gasteiger partial charge on any atom is -0.464 e. The van der Waals surface area contributed by atoms with Crippen LogP contribution in [0, 0.1) is 5.92 Å². The molecule has 2 rings (SSSR count). The van der Waals surface area contributed by atoms with Crippen LogP contribution in [0.4, 0.5) is 0 Å². The third-order valence-electron chi connectivity index (χ3n) is 3.88. The summed E-state index contributed by atoms with van der Waals surface area (Å²) in [4.78, 5) is 11.9. The van der Waals surface area contributed by atoms with Gasteiger partial charge in [0.2, 0.25) is 0 Å². The number of carbonyl (C=O) groups is 1. The Morgan fingerprint density at radius 3 is 2.95 bits per heavy atom. The van der Waals surface area contributed by atoms with Gasteiger partial charge in [-0.3, -0.25) is 0 Å². The number of hydrogen-bond acceptors (Lipinski definition) is 3. The molecule has 2 unspecified atom stereocenters. The topological polar surface area (TPSA) is 46.5 Å². The van der Waals surface area contributed by atoms with Crippen molar-refractivity contribution < 1.29 is 14.6 Å². The van der Waals surface area contributed by atoms with Gasteiger partial charge in [-0.1, -0.05) is 22.0 Å². The molecule has 0 radical (unpaired) electrons. The van der Waals surface area contributed by atoms with Crippen LogP contribution in [0.25, 0.3) is 0 Å². The summed E-state index contributed by atoms with van der Waals surface area (Å²) < 4.78 is 6.04. The van der Waals surface area contributed by atoms with Crippen molar-refractivity contribution >= 4 is 21.9 Å². The normalized spacial score (nSPS) is 21.4. The van der Waals surface area contributed by atoms with Gasteiger partial charge in [0.15, 0.2) is 5.60 Å². The fraction of sp³-hybridized carbons (Fsp3) is 0.533. The summed E-state index contributed by atoms with van der Waals surface area (Å²) in [5.74, 6) is -0.596. The van der Waals surface area contributed by atoms with Crippen molar-refractivity contribution in [2.75, 3.05) is 6.61 Å². The number of aliphatic hydroxyl groups is 1. The molecule has 0 aromatic heterocycles. The van der Waals surface area contributed by atoms with E-state index in [1.165, 1.54) is 11.1 Å². The maximum Gasteiger partial charge on any atom is 0.338 e. The maximum absolute atomic E-state index is 11.9. The summed E-state index contributed by atoms with van der Waals surface area (Å²) in [7, 11) is 0. The van der Waals surface area contributed by atoms with E-state index in [-0.39, 0.29) is 5.92 Å². The highest BCUT2D eigenvalue weighted by Crippen LogP contribution is 2.34. The average Bonchev–Trinajstić information content (AvgIpc) is 2.38. The lowest BCUT2D eigenvalue weighted by molar-refractivity contribution is -0.169. The Balaban J connectivity index is 2.17. The van der Waals surface area contributed by atoms with Crippen molar-refractivity contribution in [2.45, 2.75) is 38.7 Å². The predicted molar refractivity (Wildman–Crippen MR) is 76.9 cm³/mol. The molecule has 1 aliphatic carbocycles. The Morgan fingerprint density at radius 2 is 2.26 bits per heavy atom. The van der Waals surface area contributed by atoms with Gasteiger partial charge < -0.3 is 9.84 Å². The van der Waals surface area contributed by atoms with Gasteiger partial charge in [0.05, 0.1) is 6.61 Å². The first kappa shape index (κ1) is 14.5. The first-order valence-electron chi connectivity index (χ1n) is 6.62. The number of benzene rings is 1. The standard InChI is InChI=1S/C15H19BrO3/c1-3-19-14(17)15(2,18)12-6-4-11-9-13(16)7-5-10(11)8-12/h5,7,9,12,18H,3-4,6,8H2,1-2H3. The van der Waals surface area contributed by atoms with Crippen LogP contribution < -0.4 is 0 Å². The van der Waals surface area contributed by atoms with Gasteiger partial charge in [-0.05, 0) is 56.4 Å². The van der Waals surface area contributed by atoms with E-state index in [2.05, 4.69) is 28.1 Å². The smallest absolute Gasteiger partial charge is 0.338 e. The van der Waals surface area contributed by atoms with Crippen molar-refractivity contribution in [2.24, 2.45) is 5.92 Å². The lowest BCUT2D eigenvalue weighted by Gasteiger charge is -2.34. The second-order valence-corrected chi connectivity index (χ2v) is 6.14. The molecule has 104 valence electrons. The molecule has 1 N–H and O–H groups in total. The van der Waals surface area contributed by atoms with Crippen molar-refractivity contribution in [3.8, 4) is 0 Å². The van der Waals surface area contributed by atoms with Gasteiger partial charge in [-0.2, -0.15) is 0 Å². The Labute approximate surface area is 122 Å². The zero-order valence-corrected chi connectivity index (χ0v) is 12.9. The Morgan fingerprint density at radius 1 is 1.53 bits per heavy atom. The number of carbonyl (C=O) groups excluding carboxylic acids is 1. The van der Waals surface area contributed by atoms with Crippen LogP contribution in [0.15, 0.2) is 22.7 Å². The van der Waals surface area contributed by atoms with E-state index in [9.17, 15) is 9.90 Å². The van der Waals surface area contributed by atoms with E-state index in [1.54, 1.807) is 13.8 Å². The highest BCUT2D eigenvalue weighted by Gasteiger charge is 2.41. The number of esters is 1. The van der Waals surface area contributed by atoms with E-state index in [0.717, 1.165) is 17.3 Å². The van der Waals surface area contributed by atoms with Gasteiger partial charge in [-0.25, -0.2) is 4.79 Å². The molecule has 3 nitrogen and oxygen atoms in total. The fourth-order valence-electron chi connectivity index (χ4n) is 2.65.